The van der Waals surface area contributed by atoms with E-state index in [2.05, 4.69) is 48.5 Å². The Kier molecular flexibility index (Phi) is 4.48. The van der Waals surface area contributed by atoms with Crippen molar-refractivity contribution in [3.8, 4) is 0 Å². The Bertz CT molecular complexity index is 140. The number of hydrogen-bond acceptors (Lipinski definition) is 0. The van der Waals surface area contributed by atoms with Crippen molar-refractivity contribution >= 4 is 0 Å². The molecule has 0 aliphatic rings. The standard InChI is InChI=1S/C13H28/c1-8-9-12(4,5)10-13(6,7)11(2)3/h11H,8-10H2,1-7H3. The highest BCUT2D eigenvalue weighted by Gasteiger charge is 2.30. The lowest BCUT2D eigenvalue weighted by molar-refractivity contribution is 0.131. The van der Waals surface area contributed by atoms with Gasteiger partial charge in [-0.05, 0) is 29.6 Å². The zero-order valence-electron chi connectivity index (χ0n) is 10.7. The Labute approximate surface area is 85.1 Å². The summed E-state index contributed by atoms with van der Waals surface area (Å²) in [6.07, 6.45) is 4.00. The highest BCUT2D eigenvalue weighted by atomic mass is 14.4. The van der Waals surface area contributed by atoms with Gasteiger partial charge in [0, 0.05) is 0 Å². The maximum absolute atomic E-state index is 2.40. The summed E-state index contributed by atoms with van der Waals surface area (Å²) < 4.78 is 0. The smallest absolute Gasteiger partial charge is 0.0326 e. The van der Waals surface area contributed by atoms with Gasteiger partial charge >= 0.3 is 0 Å². The molecule has 0 saturated heterocycles. The summed E-state index contributed by atoms with van der Waals surface area (Å²) in [4.78, 5) is 0. The highest BCUT2D eigenvalue weighted by molar-refractivity contribution is 4.81. The summed E-state index contributed by atoms with van der Waals surface area (Å²) in [5, 5.41) is 0. The van der Waals surface area contributed by atoms with Crippen LogP contribution in [0.2, 0.25) is 0 Å². The van der Waals surface area contributed by atoms with Crippen molar-refractivity contribution in [2.45, 2.75) is 67.7 Å². The largest absolute Gasteiger partial charge is 0.0654 e. The molecular weight excluding hydrogens is 156 g/mol. The molecule has 0 rings (SSSR count). The third-order valence-corrected chi connectivity index (χ3v) is 3.42. The van der Waals surface area contributed by atoms with Crippen LogP contribution in [0, 0.1) is 16.7 Å². The molecule has 0 aliphatic carbocycles. The first kappa shape index (κ1) is 13.0. The predicted octanol–water partition coefficient (Wildman–Crippen LogP) is 4.89. The molecular formula is C13H28. The summed E-state index contributed by atoms with van der Waals surface area (Å²) in [6, 6.07) is 0. The van der Waals surface area contributed by atoms with Gasteiger partial charge in [0.1, 0.15) is 0 Å². The third-order valence-electron chi connectivity index (χ3n) is 3.42. The van der Waals surface area contributed by atoms with Crippen molar-refractivity contribution in [2.24, 2.45) is 16.7 Å². The van der Waals surface area contributed by atoms with Gasteiger partial charge in [-0.1, -0.05) is 54.9 Å². The summed E-state index contributed by atoms with van der Waals surface area (Å²) in [6.45, 7) is 16.6. The van der Waals surface area contributed by atoms with Gasteiger partial charge in [0.25, 0.3) is 0 Å². The minimum Gasteiger partial charge on any atom is -0.0654 e. The van der Waals surface area contributed by atoms with E-state index in [-0.39, 0.29) is 0 Å². The lowest BCUT2D eigenvalue weighted by Gasteiger charge is -2.37. The van der Waals surface area contributed by atoms with E-state index in [9.17, 15) is 0 Å². The quantitative estimate of drug-likeness (QED) is 0.571. The molecule has 0 atom stereocenters. The number of rotatable bonds is 5. The van der Waals surface area contributed by atoms with Crippen LogP contribution in [0.4, 0.5) is 0 Å². The Hall–Kier alpha value is 0. The molecule has 0 unspecified atom stereocenters. The van der Waals surface area contributed by atoms with Crippen molar-refractivity contribution in [3.63, 3.8) is 0 Å². The second-order valence-corrected chi connectivity index (χ2v) is 6.23. The van der Waals surface area contributed by atoms with Gasteiger partial charge in [-0.2, -0.15) is 0 Å². The molecule has 0 aliphatic heterocycles. The first-order valence-corrected chi connectivity index (χ1v) is 5.71. The summed E-state index contributed by atoms with van der Waals surface area (Å²) >= 11 is 0. The molecule has 0 N–H and O–H groups in total. The average Bonchev–Trinajstić information content (AvgIpc) is 1.83. The molecule has 0 saturated carbocycles. The molecule has 0 heterocycles. The topological polar surface area (TPSA) is 0 Å². The molecule has 0 heteroatoms. The molecule has 0 aromatic carbocycles. The lowest BCUT2D eigenvalue weighted by Crippen LogP contribution is -2.27. The van der Waals surface area contributed by atoms with E-state index >= 15 is 0 Å². The van der Waals surface area contributed by atoms with Gasteiger partial charge in [-0.25, -0.2) is 0 Å². The van der Waals surface area contributed by atoms with E-state index in [4.69, 9.17) is 0 Å². The Morgan fingerprint density at radius 1 is 1.00 bits per heavy atom. The van der Waals surface area contributed by atoms with Crippen LogP contribution in [0.3, 0.4) is 0 Å². The van der Waals surface area contributed by atoms with E-state index < -0.39 is 0 Å². The van der Waals surface area contributed by atoms with Gasteiger partial charge in [0.05, 0.1) is 0 Å². The normalized spacial score (nSPS) is 13.8. The Morgan fingerprint density at radius 3 is 1.77 bits per heavy atom. The van der Waals surface area contributed by atoms with Crippen LogP contribution in [-0.4, -0.2) is 0 Å². The highest BCUT2D eigenvalue weighted by Crippen LogP contribution is 2.41. The third kappa shape index (κ3) is 4.69. The molecule has 0 nitrogen and oxygen atoms in total. The second kappa shape index (κ2) is 4.48. The van der Waals surface area contributed by atoms with Crippen LogP contribution in [0.5, 0.6) is 0 Å². The SMILES string of the molecule is CCCC(C)(C)CC(C)(C)C(C)C. The number of hydrogen-bond donors (Lipinski definition) is 0. The fraction of sp³-hybridized carbons (Fsp3) is 1.00. The molecule has 0 bridgehead atoms. The van der Waals surface area contributed by atoms with Gasteiger partial charge in [-0.15, -0.1) is 0 Å². The zero-order chi connectivity index (χ0) is 10.7. The molecule has 0 radical (unpaired) electrons. The first-order valence-electron chi connectivity index (χ1n) is 5.71. The summed E-state index contributed by atoms with van der Waals surface area (Å²) in [5.41, 5.74) is 1.00. The van der Waals surface area contributed by atoms with Crippen LogP contribution in [0.25, 0.3) is 0 Å². The monoisotopic (exact) mass is 184 g/mol. The molecule has 0 aromatic rings. The van der Waals surface area contributed by atoms with Crippen molar-refractivity contribution in [1.29, 1.82) is 0 Å². The van der Waals surface area contributed by atoms with Gasteiger partial charge in [0.15, 0.2) is 0 Å². The predicted molar refractivity (Wildman–Crippen MR) is 61.9 cm³/mol. The fourth-order valence-electron chi connectivity index (χ4n) is 2.20. The maximum Gasteiger partial charge on any atom is -0.0326 e. The van der Waals surface area contributed by atoms with Crippen molar-refractivity contribution in [1.82, 2.24) is 0 Å². The Morgan fingerprint density at radius 2 is 1.46 bits per heavy atom. The van der Waals surface area contributed by atoms with Crippen molar-refractivity contribution < 1.29 is 0 Å². The molecule has 0 spiro atoms. The molecule has 0 aromatic heterocycles. The van der Waals surface area contributed by atoms with E-state index in [0.717, 1.165) is 5.92 Å². The van der Waals surface area contributed by atoms with Crippen LogP contribution in [0.15, 0.2) is 0 Å². The van der Waals surface area contributed by atoms with E-state index in [1.807, 2.05) is 0 Å². The van der Waals surface area contributed by atoms with E-state index in [1.165, 1.54) is 19.3 Å². The lowest BCUT2D eigenvalue weighted by atomic mass is 9.68. The molecule has 13 heavy (non-hydrogen) atoms. The van der Waals surface area contributed by atoms with Gasteiger partial charge < -0.3 is 0 Å². The van der Waals surface area contributed by atoms with Gasteiger partial charge in [0.2, 0.25) is 0 Å². The van der Waals surface area contributed by atoms with Crippen LogP contribution in [-0.2, 0) is 0 Å². The molecule has 0 fully saturated rings. The zero-order valence-corrected chi connectivity index (χ0v) is 10.7. The minimum atomic E-state index is 0.485. The fourth-order valence-corrected chi connectivity index (χ4v) is 2.20. The van der Waals surface area contributed by atoms with Gasteiger partial charge in [-0.3, -0.25) is 0 Å². The van der Waals surface area contributed by atoms with Crippen LogP contribution < -0.4 is 0 Å². The average molecular weight is 184 g/mol. The molecule has 0 amide bonds. The van der Waals surface area contributed by atoms with Crippen molar-refractivity contribution in [3.05, 3.63) is 0 Å². The van der Waals surface area contributed by atoms with E-state index in [0.29, 0.717) is 10.8 Å². The van der Waals surface area contributed by atoms with E-state index in [1.54, 1.807) is 0 Å². The summed E-state index contributed by atoms with van der Waals surface area (Å²) in [5.74, 6) is 0.781. The molecule has 80 valence electrons. The van der Waals surface area contributed by atoms with Crippen LogP contribution in [0.1, 0.15) is 67.7 Å². The summed E-state index contributed by atoms with van der Waals surface area (Å²) in [7, 11) is 0. The minimum absolute atomic E-state index is 0.485. The Balaban J connectivity index is 4.24. The van der Waals surface area contributed by atoms with Crippen molar-refractivity contribution in [2.75, 3.05) is 0 Å². The first-order chi connectivity index (χ1) is 5.71. The second-order valence-electron chi connectivity index (χ2n) is 6.23. The van der Waals surface area contributed by atoms with Crippen LogP contribution >= 0.6 is 0 Å². The maximum atomic E-state index is 2.40.